The molecular weight excluding hydrogens is 370 g/mol. The van der Waals surface area contributed by atoms with Gasteiger partial charge in [0.2, 0.25) is 10.9 Å². The number of rotatable bonds is 5. The largest absolute Gasteiger partial charge is 0.508 e. The lowest BCUT2D eigenvalue weighted by Crippen LogP contribution is -2.14. The Kier molecular flexibility index (Phi) is 5.00. The van der Waals surface area contributed by atoms with Crippen LogP contribution in [0, 0.1) is 0 Å². The second-order valence-corrected chi connectivity index (χ2v) is 6.53. The van der Waals surface area contributed by atoms with E-state index < -0.39 is 22.6 Å². The van der Waals surface area contributed by atoms with Crippen molar-refractivity contribution in [2.45, 2.75) is 0 Å². The van der Waals surface area contributed by atoms with Crippen molar-refractivity contribution in [2.24, 2.45) is 0 Å². The van der Waals surface area contributed by atoms with E-state index in [0.29, 0.717) is 16.8 Å². The fraction of sp³-hybridized carbons (Fsp3) is 0. The van der Waals surface area contributed by atoms with E-state index in [1.165, 1.54) is 12.1 Å². The van der Waals surface area contributed by atoms with Gasteiger partial charge in [-0.15, -0.1) is 0 Å². The van der Waals surface area contributed by atoms with E-state index in [4.69, 9.17) is 5.11 Å². The molecule has 3 aromatic carbocycles. The fourth-order valence-corrected chi connectivity index (χ4v) is 3.30. The standard InChI is InChI=1S/C19H15NO6S/c21-16-6-2-4-13(10-16)12-3-1-5-14(9-12)20(27(25)26)15-7-8-17(19(23)24)18(22)11-15/h1-11,21-22,27H,(H,23,24). The van der Waals surface area contributed by atoms with Crippen LogP contribution >= 0.6 is 0 Å². The third-order valence-electron chi connectivity index (χ3n) is 3.89. The predicted molar refractivity (Wildman–Crippen MR) is 101 cm³/mol. The van der Waals surface area contributed by atoms with Gasteiger partial charge in [-0.3, -0.25) is 0 Å². The monoisotopic (exact) mass is 385 g/mol. The highest BCUT2D eigenvalue weighted by atomic mass is 32.2. The molecule has 0 radical (unpaired) electrons. The van der Waals surface area contributed by atoms with Gasteiger partial charge in [-0.2, -0.15) is 0 Å². The minimum atomic E-state index is -3.12. The van der Waals surface area contributed by atoms with Gasteiger partial charge in [-0.25, -0.2) is 17.5 Å². The van der Waals surface area contributed by atoms with Crippen molar-refractivity contribution in [3.63, 3.8) is 0 Å². The molecule has 0 aliphatic carbocycles. The molecule has 3 rings (SSSR count). The summed E-state index contributed by atoms with van der Waals surface area (Å²) in [5.74, 6) is -1.77. The molecule has 3 N–H and O–H groups in total. The van der Waals surface area contributed by atoms with Gasteiger partial charge < -0.3 is 15.3 Å². The molecule has 0 saturated heterocycles. The third-order valence-corrected chi connectivity index (χ3v) is 4.68. The Bertz CT molecular complexity index is 1090. The number of carbonyl (C=O) groups is 1. The quantitative estimate of drug-likeness (QED) is 0.502. The summed E-state index contributed by atoms with van der Waals surface area (Å²) in [6, 6.07) is 16.6. The molecule has 0 fully saturated rings. The van der Waals surface area contributed by atoms with Crippen molar-refractivity contribution in [1.82, 2.24) is 0 Å². The average Bonchev–Trinajstić information content (AvgIpc) is 2.61. The summed E-state index contributed by atoms with van der Waals surface area (Å²) in [6.07, 6.45) is 0. The van der Waals surface area contributed by atoms with Crippen LogP contribution in [0.5, 0.6) is 11.5 Å². The molecule has 27 heavy (non-hydrogen) atoms. The molecule has 0 aliphatic heterocycles. The highest BCUT2D eigenvalue weighted by Crippen LogP contribution is 2.33. The molecule has 0 bridgehead atoms. The maximum Gasteiger partial charge on any atom is 0.339 e. The molecule has 7 nitrogen and oxygen atoms in total. The number of phenols is 2. The Morgan fingerprint density at radius 1 is 0.815 bits per heavy atom. The molecule has 0 spiro atoms. The van der Waals surface area contributed by atoms with Gasteiger partial charge in [0.15, 0.2) is 0 Å². The van der Waals surface area contributed by atoms with E-state index in [-0.39, 0.29) is 17.0 Å². The first-order valence-corrected chi connectivity index (χ1v) is 8.90. The van der Waals surface area contributed by atoms with Crippen molar-refractivity contribution in [3.05, 3.63) is 72.3 Å². The number of hydrogen-bond donors (Lipinski definition) is 4. The fourth-order valence-electron chi connectivity index (χ4n) is 2.67. The number of nitrogens with zero attached hydrogens (tertiary/aromatic N) is 1. The van der Waals surface area contributed by atoms with Gasteiger partial charge in [-0.1, -0.05) is 24.3 Å². The summed E-state index contributed by atoms with van der Waals surface area (Å²) < 4.78 is 24.7. The number of thiol groups is 1. The first kappa shape index (κ1) is 18.3. The van der Waals surface area contributed by atoms with Crippen LogP contribution in [0.2, 0.25) is 0 Å². The molecule has 0 saturated carbocycles. The number of carboxylic acids is 1. The number of anilines is 2. The van der Waals surface area contributed by atoms with E-state index in [2.05, 4.69) is 0 Å². The van der Waals surface area contributed by atoms with Crippen LogP contribution in [0.15, 0.2) is 66.7 Å². The van der Waals surface area contributed by atoms with Crippen LogP contribution in [-0.4, -0.2) is 29.7 Å². The number of benzene rings is 3. The zero-order valence-electron chi connectivity index (χ0n) is 13.8. The lowest BCUT2D eigenvalue weighted by atomic mass is 10.0. The summed E-state index contributed by atoms with van der Waals surface area (Å²) in [7, 11) is -3.12. The van der Waals surface area contributed by atoms with Crippen LogP contribution in [0.25, 0.3) is 11.1 Å². The first-order chi connectivity index (χ1) is 12.9. The van der Waals surface area contributed by atoms with E-state index in [1.807, 2.05) is 0 Å². The van der Waals surface area contributed by atoms with E-state index >= 15 is 0 Å². The Labute approximate surface area is 156 Å². The Balaban J connectivity index is 2.08. The second kappa shape index (κ2) is 7.38. The minimum absolute atomic E-state index is 0.0823. The molecule has 138 valence electrons. The Morgan fingerprint density at radius 3 is 2.04 bits per heavy atom. The van der Waals surface area contributed by atoms with Gasteiger partial charge in [0.1, 0.15) is 17.1 Å². The number of aromatic carboxylic acids is 1. The molecule has 0 unspecified atom stereocenters. The summed E-state index contributed by atoms with van der Waals surface area (Å²) in [5, 5.41) is 28.5. The van der Waals surface area contributed by atoms with Crippen LogP contribution in [0.1, 0.15) is 10.4 Å². The zero-order chi connectivity index (χ0) is 19.6. The molecule has 8 heteroatoms. The average molecular weight is 385 g/mol. The Morgan fingerprint density at radius 2 is 1.44 bits per heavy atom. The van der Waals surface area contributed by atoms with Gasteiger partial charge in [0.05, 0.1) is 11.4 Å². The SMILES string of the molecule is O=C(O)c1ccc(N(c2cccc(-c3cccc(O)c3)c2)[SH](=O)=O)cc1O. The van der Waals surface area contributed by atoms with Crippen molar-refractivity contribution >= 4 is 28.2 Å². The lowest BCUT2D eigenvalue weighted by Gasteiger charge is -2.19. The van der Waals surface area contributed by atoms with Crippen LogP contribution in [0.3, 0.4) is 0 Å². The number of phenolic OH excluding ortho intramolecular Hbond substituents is 1. The number of carboxylic acid groups (broad SMARTS) is 1. The van der Waals surface area contributed by atoms with Gasteiger partial charge in [0.25, 0.3) is 0 Å². The summed E-state index contributed by atoms with van der Waals surface area (Å²) in [5.41, 5.74) is 1.45. The topological polar surface area (TPSA) is 115 Å². The van der Waals surface area contributed by atoms with Gasteiger partial charge in [0, 0.05) is 6.07 Å². The van der Waals surface area contributed by atoms with Crippen molar-refractivity contribution in [3.8, 4) is 22.6 Å². The molecule has 0 atom stereocenters. The number of hydrogen-bond acceptors (Lipinski definition) is 5. The maximum absolute atomic E-state index is 11.9. The van der Waals surface area contributed by atoms with Crippen LogP contribution < -0.4 is 4.31 Å². The van der Waals surface area contributed by atoms with Gasteiger partial charge in [-0.05, 0) is 47.5 Å². The summed E-state index contributed by atoms with van der Waals surface area (Å²) in [6.45, 7) is 0. The number of aromatic hydroxyl groups is 2. The molecule has 0 aromatic heterocycles. The first-order valence-electron chi connectivity index (χ1n) is 7.77. The molecular formula is C19H15NO6S. The highest BCUT2D eigenvalue weighted by molar-refractivity contribution is 7.74. The predicted octanol–water partition coefficient (Wildman–Crippen LogP) is 3.13. The van der Waals surface area contributed by atoms with E-state index in [9.17, 15) is 23.4 Å². The van der Waals surface area contributed by atoms with Crippen molar-refractivity contribution in [2.75, 3.05) is 4.31 Å². The molecule has 0 aliphatic rings. The minimum Gasteiger partial charge on any atom is -0.508 e. The van der Waals surface area contributed by atoms with E-state index in [1.54, 1.807) is 42.5 Å². The smallest absolute Gasteiger partial charge is 0.339 e. The lowest BCUT2D eigenvalue weighted by molar-refractivity contribution is 0.0693. The molecule has 0 amide bonds. The summed E-state index contributed by atoms with van der Waals surface area (Å²) in [4.78, 5) is 11.0. The Hall–Kier alpha value is -3.52. The zero-order valence-corrected chi connectivity index (χ0v) is 14.7. The van der Waals surface area contributed by atoms with Crippen LogP contribution in [0.4, 0.5) is 11.4 Å². The summed E-state index contributed by atoms with van der Waals surface area (Å²) >= 11 is 0. The maximum atomic E-state index is 11.9. The second-order valence-electron chi connectivity index (χ2n) is 5.66. The third kappa shape index (κ3) is 3.85. The van der Waals surface area contributed by atoms with Crippen molar-refractivity contribution in [1.29, 1.82) is 0 Å². The van der Waals surface area contributed by atoms with E-state index in [0.717, 1.165) is 16.4 Å². The normalized spacial score (nSPS) is 10.7. The van der Waals surface area contributed by atoms with Crippen molar-refractivity contribution < 1.29 is 28.5 Å². The highest BCUT2D eigenvalue weighted by Gasteiger charge is 2.17. The molecule has 3 aromatic rings. The van der Waals surface area contributed by atoms with Gasteiger partial charge >= 0.3 is 5.97 Å². The molecule has 0 heterocycles. The van der Waals surface area contributed by atoms with Crippen LogP contribution in [-0.2, 0) is 10.9 Å².